The van der Waals surface area contributed by atoms with Crippen molar-refractivity contribution in [2.75, 3.05) is 20.2 Å². The van der Waals surface area contributed by atoms with Gasteiger partial charge in [-0.3, -0.25) is 10.2 Å². The fourth-order valence-electron chi connectivity index (χ4n) is 2.78. The Hall–Kier alpha value is -1.26. The molecule has 0 aromatic heterocycles. The maximum Gasteiger partial charge on any atom is 0.305 e. The molecule has 0 aliphatic heterocycles. The topological polar surface area (TPSA) is 79.4 Å². The summed E-state index contributed by atoms with van der Waals surface area (Å²) >= 11 is 0. The van der Waals surface area contributed by atoms with Crippen molar-refractivity contribution in [1.29, 1.82) is 5.41 Å². The largest absolute Gasteiger partial charge is 0.464 e. The highest BCUT2D eigenvalue weighted by atomic mass is 16.5. The first kappa shape index (κ1) is 23.7. The molecule has 0 bridgehead atoms. The molecular formula is C20H41N3O2. The molecular weight excluding hydrogens is 314 g/mol. The summed E-state index contributed by atoms with van der Waals surface area (Å²) in [4.78, 5) is 13.1. The molecule has 0 radical (unpaired) electrons. The SMILES string of the molecule is CCCCCCCCCCCCCCCC(=O)OCCN(C)C(=N)N. The van der Waals surface area contributed by atoms with Gasteiger partial charge in [0.15, 0.2) is 5.96 Å². The fourth-order valence-corrected chi connectivity index (χ4v) is 2.78. The Labute approximate surface area is 155 Å². The van der Waals surface area contributed by atoms with Crippen molar-refractivity contribution in [3.63, 3.8) is 0 Å². The number of guanidine groups is 1. The van der Waals surface area contributed by atoms with Crippen LogP contribution in [0.2, 0.25) is 0 Å². The molecule has 3 N–H and O–H groups in total. The number of carbonyl (C=O) groups excluding carboxylic acids is 1. The molecule has 0 rings (SSSR count). The summed E-state index contributed by atoms with van der Waals surface area (Å²) in [5.74, 6) is -0.146. The average Bonchev–Trinajstić information content (AvgIpc) is 2.58. The minimum atomic E-state index is -0.139. The van der Waals surface area contributed by atoms with E-state index in [4.69, 9.17) is 15.9 Å². The average molecular weight is 356 g/mol. The monoisotopic (exact) mass is 355 g/mol. The number of nitrogens with zero attached hydrogens (tertiary/aromatic N) is 1. The van der Waals surface area contributed by atoms with E-state index < -0.39 is 0 Å². The van der Waals surface area contributed by atoms with Gasteiger partial charge in [0.2, 0.25) is 0 Å². The van der Waals surface area contributed by atoms with Crippen molar-refractivity contribution in [1.82, 2.24) is 4.90 Å². The van der Waals surface area contributed by atoms with Crippen molar-refractivity contribution < 1.29 is 9.53 Å². The zero-order valence-corrected chi connectivity index (χ0v) is 16.7. The van der Waals surface area contributed by atoms with Gasteiger partial charge in [0, 0.05) is 13.5 Å². The molecule has 0 saturated heterocycles. The molecule has 5 nitrogen and oxygen atoms in total. The minimum absolute atomic E-state index is 0.00691. The first-order valence-corrected chi connectivity index (χ1v) is 10.3. The van der Waals surface area contributed by atoms with E-state index in [9.17, 15) is 4.79 Å². The van der Waals surface area contributed by atoms with E-state index >= 15 is 0 Å². The predicted octanol–water partition coefficient (Wildman–Crippen LogP) is 4.84. The summed E-state index contributed by atoms with van der Waals surface area (Å²) in [6.07, 6.45) is 17.5. The molecule has 0 aliphatic rings. The van der Waals surface area contributed by atoms with E-state index in [1.54, 1.807) is 11.9 Å². The zero-order valence-electron chi connectivity index (χ0n) is 16.7. The summed E-state index contributed by atoms with van der Waals surface area (Å²) in [6, 6.07) is 0. The summed E-state index contributed by atoms with van der Waals surface area (Å²) in [5, 5.41) is 7.21. The first-order chi connectivity index (χ1) is 12.1. The third kappa shape index (κ3) is 17.4. The van der Waals surface area contributed by atoms with Gasteiger partial charge < -0.3 is 15.4 Å². The number of nitrogens with one attached hydrogen (secondary N) is 1. The Morgan fingerprint density at radius 2 is 1.32 bits per heavy atom. The van der Waals surface area contributed by atoms with Crippen molar-refractivity contribution in [3.05, 3.63) is 0 Å². The van der Waals surface area contributed by atoms with Gasteiger partial charge in [-0.25, -0.2) is 0 Å². The summed E-state index contributed by atoms with van der Waals surface area (Å²) in [5.41, 5.74) is 5.31. The number of carbonyl (C=O) groups is 1. The maximum atomic E-state index is 11.6. The number of rotatable bonds is 17. The Morgan fingerprint density at radius 1 is 0.880 bits per heavy atom. The fraction of sp³-hybridized carbons (Fsp3) is 0.900. The molecule has 0 heterocycles. The van der Waals surface area contributed by atoms with E-state index in [2.05, 4.69) is 6.92 Å². The van der Waals surface area contributed by atoms with Crippen LogP contribution < -0.4 is 5.73 Å². The standard InChI is InChI=1S/C20H41N3O2/c1-3-4-5-6-7-8-9-10-11-12-13-14-15-16-19(24)25-18-17-23(2)20(21)22/h3-18H2,1-2H3,(H3,21,22). The van der Waals surface area contributed by atoms with Crippen LogP contribution >= 0.6 is 0 Å². The number of unbranched alkanes of at least 4 members (excludes halogenated alkanes) is 12. The van der Waals surface area contributed by atoms with Crippen LogP contribution in [0.1, 0.15) is 96.8 Å². The van der Waals surface area contributed by atoms with Crippen molar-refractivity contribution in [2.24, 2.45) is 5.73 Å². The quantitative estimate of drug-likeness (QED) is 0.169. The van der Waals surface area contributed by atoms with Crippen molar-refractivity contribution >= 4 is 11.9 Å². The number of hydrogen-bond acceptors (Lipinski definition) is 3. The third-order valence-electron chi connectivity index (χ3n) is 4.59. The van der Waals surface area contributed by atoms with Gasteiger partial charge in [0.1, 0.15) is 6.61 Å². The van der Waals surface area contributed by atoms with Gasteiger partial charge >= 0.3 is 5.97 Å². The molecule has 0 amide bonds. The molecule has 0 unspecified atom stereocenters. The molecule has 25 heavy (non-hydrogen) atoms. The van der Waals surface area contributed by atoms with Crippen molar-refractivity contribution in [3.8, 4) is 0 Å². The van der Waals surface area contributed by atoms with Crippen LogP contribution in [0.4, 0.5) is 0 Å². The molecule has 5 heteroatoms. The van der Waals surface area contributed by atoms with Gasteiger partial charge in [0.05, 0.1) is 6.54 Å². The lowest BCUT2D eigenvalue weighted by molar-refractivity contribution is -0.143. The number of likely N-dealkylation sites (N-methyl/N-ethyl adjacent to an activating group) is 1. The highest BCUT2D eigenvalue weighted by Gasteiger charge is 2.04. The lowest BCUT2D eigenvalue weighted by Gasteiger charge is -2.16. The van der Waals surface area contributed by atoms with E-state index in [1.807, 2.05) is 0 Å². The first-order valence-electron chi connectivity index (χ1n) is 10.3. The molecule has 0 spiro atoms. The Kier molecular flexibility index (Phi) is 16.7. The number of esters is 1. The smallest absolute Gasteiger partial charge is 0.305 e. The number of hydrogen-bond donors (Lipinski definition) is 2. The molecule has 148 valence electrons. The molecule has 0 aliphatic carbocycles. The zero-order chi connectivity index (χ0) is 18.8. The second kappa shape index (κ2) is 17.6. The van der Waals surface area contributed by atoms with Crippen LogP contribution in [-0.4, -0.2) is 37.0 Å². The minimum Gasteiger partial charge on any atom is -0.464 e. The van der Waals surface area contributed by atoms with Crippen molar-refractivity contribution in [2.45, 2.75) is 96.8 Å². The number of nitrogens with two attached hydrogens (primary N) is 1. The molecule has 0 fully saturated rings. The Bertz CT molecular complexity index is 335. The lowest BCUT2D eigenvalue weighted by atomic mass is 10.0. The highest BCUT2D eigenvalue weighted by molar-refractivity contribution is 5.74. The second-order valence-electron chi connectivity index (χ2n) is 7.02. The highest BCUT2D eigenvalue weighted by Crippen LogP contribution is 2.13. The van der Waals surface area contributed by atoms with Crippen LogP contribution in [0.3, 0.4) is 0 Å². The Morgan fingerprint density at radius 3 is 1.76 bits per heavy atom. The van der Waals surface area contributed by atoms with Crippen LogP contribution in [-0.2, 0) is 9.53 Å². The maximum absolute atomic E-state index is 11.6. The summed E-state index contributed by atoms with van der Waals surface area (Å²) < 4.78 is 5.14. The van der Waals surface area contributed by atoms with Gasteiger partial charge in [-0.1, -0.05) is 84.0 Å². The summed E-state index contributed by atoms with van der Waals surface area (Å²) in [6.45, 7) is 3.03. The predicted molar refractivity (Wildman–Crippen MR) is 106 cm³/mol. The lowest BCUT2D eigenvalue weighted by Crippen LogP contribution is -2.35. The molecule has 0 aromatic rings. The van der Waals surface area contributed by atoms with E-state index in [0.717, 1.165) is 12.8 Å². The Balaban J connectivity index is 3.22. The summed E-state index contributed by atoms with van der Waals surface area (Å²) in [7, 11) is 1.71. The van der Waals surface area contributed by atoms with Crippen LogP contribution in [0, 0.1) is 5.41 Å². The third-order valence-corrected chi connectivity index (χ3v) is 4.59. The van der Waals surface area contributed by atoms with Gasteiger partial charge in [0.25, 0.3) is 0 Å². The van der Waals surface area contributed by atoms with Crippen LogP contribution in [0.25, 0.3) is 0 Å². The second-order valence-corrected chi connectivity index (χ2v) is 7.02. The molecule has 0 atom stereocenters. The van der Waals surface area contributed by atoms with Gasteiger partial charge in [-0.2, -0.15) is 0 Å². The van der Waals surface area contributed by atoms with E-state index in [-0.39, 0.29) is 11.9 Å². The van der Waals surface area contributed by atoms with Crippen LogP contribution in [0.15, 0.2) is 0 Å². The van der Waals surface area contributed by atoms with Gasteiger partial charge in [-0.15, -0.1) is 0 Å². The molecule has 0 saturated carbocycles. The molecule has 0 aromatic carbocycles. The van der Waals surface area contributed by atoms with E-state index in [1.165, 1.54) is 70.6 Å². The normalized spacial score (nSPS) is 10.6. The van der Waals surface area contributed by atoms with Gasteiger partial charge in [-0.05, 0) is 6.42 Å². The number of ether oxygens (including phenoxy) is 1. The van der Waals surface area contributed by atoms with Crippen LogP contribution in [0.5, 0.6) is 0 Å². The van der Waals surface area contributed by atoms with E-state index in [0.29, 0.717) is 19.6 Å².